The Kier molecular flexibility index (Phi) is 10.4. The number of unbranched alkanes of at least 4 members (excludes halogenated alkanes) is 1. The van der Waals surface area contributed by atoms with Crippen molar-refractivity contribution >= 4 is 65.3 Å². The first-order valence-electron chi connectivity index (χ1n) is 15.6. The van der Waals surface area contributed by atoms with E-state index in [1.807, 2.05) is 36.4 Å². The van der Waals surface area contributed by atoms with Crippen LogP contribution < -0.4 is 9.47 Å². The molecule has 4 aromatic rings. The molecule has 0 saturated heterocycles. The molecular formula is C35H37N2O6S4+. The average Bonchev–Trinajstić information content (AvgIpc) is 3.55. The number of hydrogen-bond donors (Lipinski definition) is 2. The number of rotatable bonds is 12. The zero-order chi connectivity index (χ0) is 33.0. The first kappa shape index (κ1) is 33.6. The third-order valence-corrected chi connectivity index (χ3v) is 12.1. The Balaban J connectivity index is 1.36. The van der Waals surface area contributed by atoms with Gasteiger partial charge in [0.05, 0.1) is 22.2 Å². The van der Waals surface area contributed by atoms with Crippen molar-refractivity contribution in [3.8, 4) is 0 Å². The lowest BCUT2D eigenvalue weighted by Gasteiger charge is -2.25. The van der Waals surface area contributed by atoms with E-state index < -0.39 is 20.2 Å². The summed E-state index contributed by atoms with van der Waals surface area (Å²) >= 11 is 3.38. The molecule has 6 rings (SSSR count). The molecule has 0 bridgehead atoms. The summed E-state index contributed by atoms with van der Waals surface area (Å²) in [5, 5.41) is 2.11. The summed E-state index contributed by atoms with van der Waals surface area (Å²) in [6.45, 7) is 1.10. The van der Waals surface area contributed by atoms with E-state index in [2.05, 4.69) is 70.2 Å². The number of fused-ring (bicyclic) bond motifs is 2. The van der Waals surface area contributed by atoms with Crippen LogP contribution in [0.4, 0.5) is 5.69 Å². The number of aryl methyl sites for hydroxylation is 1. The summed E-state index contributed by atoms with van der Waals surface area (Å²) in [7, 11) is -8.05. The van der Waals surface area contributed by atoms with Gasteiger partial charge in [-0.3, -0.25) is 9.11 Å². The van der Waals surface area contributed by atoms with Gasteiger partial charge in [0.15, 0.2) is 6.54 Å². The van der Waals surface area contributed by atoms with Crippen LogP contribution >= 0.6 is 23.1 Å². The van der Waals surface area contributed by atoms with Gasteiger partial charge in [-0.1, -0.05) is 83.8 Å². The number of hydrogen-bond acceptors (Lipinski definition) is 7. The maximum atomic E-state index is 11.5. The number of allylic oxidation sites excluding steroid dienone is 4. The molecule has 0 saturated carbocycles. The third kappa shape index (κ3) is 8.81. The van der Waals surface area contributed by atoms with Crippen molar-refractivity contribution in [3.63, 3.8) is 0 Å². The molecule has 2 aliphatic rings. The van der Waals surface area contributed by atoms with Gasteiger partial charge in [0.2, 0.25) is 5.52 Å². The predicted octanol–water partition coefficient (Wildman–Crippen LogP) is 7.48. The lowest BCUT2D eigenvalue weighted by Crippen LogP contribution is -2.36. The molecule has 1 unspecified atom stereocenters. The van der Waals surface area contributed by atoms with Gasteiger partial charge in [-0.05, 0) is 72.6 Å². The minimum absolute atomic E-state index is 0.250. The van der Waals surface area contributed by atoms with Crippen LogP contribution in [0.2, 0.25) is 0 Å². The molecule has 47 heavy (non-hydrogen) atoms. The fourth-order valence-electron chi connectivity index (χ4n) is 6.22. The van der Waals surface area contributed by atoms with Crippen molar-refractivity contribution in [1.82, 2.24) is 0 Å². The van der Waals surface area contributed by atoms with Gasteiger partial charge in [0, 0.05) is 30.0 Å². The first-order valence-corrected chi connectivity index (χ1v) is 20.4. The number of anilines is 1. The zero-order valence-electron chi connectivity index (χ0n) is 25.7. The first-order chi connectivity index (χ1) is 22.5. The van der Waals surface area contributed by atoms with Crippen molar-refractivity contribution in [1.29, 1.82) is 0 Å². The maximum Gasteiger partial charge on any atom is 0.265 e. The molecule has 12 heteroatoms. The number of thioether (sulfide) groups is 1. The summed E-state index contributed by atoms with van der Waals surface area (Å²) in [5.74, 6) is -0.278. The quantitative estimate of drug-likeness (QED) is 0.0885. The number of benzene rings is 3. The Morgan fingerprint density at radius 3 is 2.30 bits per heavy atom. The highest BCUT2D eigenvalue weighted by atomic mass is 32.2. The lowest BCUT2D eigenvalue weighted by molar-refractivity contribution is -0.668. The normalized spacial score (nSPS) is 18.6. The second-order valence-corrected chi connectivity index (χ2v) is 17.1. The Morgan fingerprint density at radius 1 is 0.809 bits per heavy atom. The molecule has 0 radical (unpaired) electrons. The highest BCUT2D eigenvalue weighted by Gasteiger charge is 2.27. The highest BCUT2D eigenvalue weighted by molar-refractivity contribution is 8.03. The van der Waals surface area contributed by atoms with Crippen LogP contribution in [-0.4, -0.2) is 44.0 Å². The van der Waals surface area contributed by atoms with Crippen LogP contribution in [0.25, 0.3) is 16.3 Å². The van der Waals surface area contributed by atoms with Crippen molar-refractivity contribution < 1.29 is 30.5 Å². The molecule has 1 atom stereocenters. The number of thiazole rings is 1. The van der Waals surface area contributed by atoms with E-state index in [0.29, 0.717) is 32.4 Å². The number of para-hydroxylation sites is 2. The molecule has 1 aromatic heterocycles. The predicted molar refractivity (Wildman–Crippen MR) is 191 cm³/mol. The Bertz CT molecular complexity index is 2070. The Hall–Kier alpha value is -3.26. The van der Waals surface area contributed by atoms with Gasteiger partial charge in [-0.25, -0.2) is 0 Å². The smallest absolute Gasteiger partial charge is 0.265 e. The standard InChI is InChI=1S/C35H36N2O6S4/c38-46(39,40)19-9-8-17-36-30-13-4-6-15-32(30)44-34(36)24-26-21-27(23-29(22-26)28-11-2-1-3-12-28)25-35-37(18-10-20-47(41,42)43)31-14-5-7-16-33(31)45-35/h1-7,11-16,21,24-25,29H,8-10,17-20,22-23H2,(H-,38,39,40,41,42,43)/p+1. The zero-order valence-corrected chi connectivity index (χ0v) is 29.0. The van der Waals surface area contributed by atoms with E-state index in [1.54, 1.807) is 23.1 Å². The fraction of sp³-hybridized carbons (Fsp3) is 0.286. The van der Waals surface area contributed by atoms with Crippen LogP contribution in [0.15, 0.2) is 112 Å². The van der Waals surface area contributed by atoms with Crippen LogP contribution in [-0.2, 0) is 26.8 Å². The van der Waals surface area contributed by atoms with Crippen molar-refractivity contribution in [2.75, 3.05) is 23.0 Å². The summed E-state index contributed by atoms with van der Waals surface area (Å²) in [6, 6.07) is 26.8. The van der Waals surface area contributed by atoms with Gasteiger partial charge >= 0.3 is 0 Å². The van der Waals surface area contributed by atoms with E-state index in [1.165, 1.54) is 16.7 Å². The van der Waals surface area contributed by atoms with Crippen LogP contribution in [0.3, 0.4) is 0 Å². The molecule has 0 fully saturated rings. The molecule has 1 aliphatic heterocycles. The SMILES string of the molecule is O=S(=O)(O)CCCCN1C(=CC2=CC(=Cc3sc4ccccc4[n+]3CCCS(=O)(=O)O)CC(c3ccccc3)C2)Sc2ccccc21. The summed E-state index contributed by atoms with van der Waals surface area (Å²) in [4.78, 5) is 3.40. The molecular weight excluding hydrogens is 673 g/mol. The van der Waals surface area contributed by atoms with Gasteiger partial charge in [0.25, 0.3) is 25.2 Å². The van der Waals surface area contributed by atoms with Crippen molar-refractivity contribution in [2.24, 2.45) is 0 Å². The largest absolute Gasteiger partial charge is 0.335 e. The fourth-order valence-corrected chi connectivity index (χ4v) is 9.61. The van der Waals surface area contributed by atoms with Crippen LogP contribution in [0.1, 0.15) is 48.6 Å². The Morgan fingerprint density at radius 2 is 1.51 bits per heavy atom. The van der Waals surface area contributed by atoms with Crippen LogP contribution in [0.5, 0.6) is 0 Å². The van der Waals surface area contributed by atoms with E-state index in [0.717, 1.165) is 43.7 Å². The maximum absolute atomic E-state index is 11.5. The van der Waals surface area contributed by atoms with Crippen molar-refractivity contribution in [3.05, 3.63) is 118 Å². The second kappa shape index (κ2) is 14.5. The molecule has 8 nitrogen and oxygen atoms in total. The molecule has 3 aromatic carbocycles. The summed E-state index contributed by atoms with van der Waals surface area (Å²) < 4.78 is 67.4. The van der Waals surface area contributed by atoms with Crippen molar-refractivity contribution in [2.45, 2.75) is 49.5 Å². The highest BCUT2D eigenvalue weighted by Crippen LogP contribution is 2.47. The second-order valence-electron chi connectivity index (χ2n) is 11.9. The Labute approximate surface area is 284 Å². The molecule has 246 valence electrons. The average molecular weight is 710 g/mol. The third-order valence-electron chi connectivity index (χ3n) is 8.31. The lowest BCUT2D eigenvalue weighted by atomic mass is 9.81. The number of nitrogens with zero attached hydrogens (tertiary/aromatic N) is 2. The van der Waals surface area contributed by atoms with E-state index in [4.69, 9.17) is 0 Å². The van der Waals surface area contributed by atoms with Gasteiger partial charge in [0.1, 0.15) is 4.70 Å². The minimum Gasteiger partial charge on any atom is -0.335 e. The van der Waals surface area contributed by atoms with Crippen LogP contribution in [0, 0.1) is 0 Å². The van der Waals surface area contributed by atoms with E-state index in [9.17, 15) is 25.9 Å². The monoisotopic (exact) mass is 709 g/mol. The van der Waals surface area contributed by atoms with Gasteiger partial charge in [-0.2, -0.15) is 21.4 Å². The summed E-state index contributed by atoms with van der Waals surface area (Å²) in [5.41, 5.74) is 5.76. The topological polar surface area (TPSA) is 116 Å². The minimum atomic E-state index is -4.05. The van der Waals surface area contributed by atoms with E-state index in [-0.39, 0.29) is 17.4 Å². The molecule has 0 amide bonds. The molecule has 2 N–H and O–H groups in total. The van der Waals surface area contributed by atoms with Gasteiger partial charge < -0.3 is 4.90 Å². The summed E-state index contributed by atoms with van der Waals surface area (Å²) in [6.07, 6.45) is 9.74. The molecule has 1 aliphatic carbocycles. The number of aromatic nitrogens is 1. The molecule has 2 heterocycles. The van der Waals surface area contributed by atoms with Gasteiger partial charge in [-0.15, -0.1) is 0 Å². The molecule has 0 spiro atoms. The van der Waals surface area contributed by atoms with E-state index >= 15 is 0 Å².